The molecule has 7 heteroatoms. The van der Waals surface area contributed by atoms with E-state index in [0.29, 0.717) is 37.3 Å². The Hall–Kier alpha value is -3.35. The average molecular weight is 466 g/mol. The molecule has 1 heterocycles. The third kappa shape index (κ3) is 7.90. The largest absolute Gasteiger partial charge is 0.444 e. The van der Waals surface area contributed by atoms with Gasteiger partial charge >= 0.3 is 6.09 Å². The molecule has 0 radical (unpaired) electrons. The molecule has 1 unspecified atom stereocenters. The summed E-state index contributed by atoms with van der Waals surface area (Å²) in [5.41, 5.74) is 1.73. The van der Waals surface area contributed by atoms with Gasteiger partial charge in [-0.15, -0.1) is 0 Å². The first-order valence-electron chi connectivity index (χ1n) is 11.9. The maximum Gasteiger partial charge on any atom is 0.410 e. The van der Waals surface area contributed by atoms with Crippen LogP contribution < -0.4 is 10.6 Å². The number of piperidine rings is 1. The van der Waals surface area contributed by atoms with E-state index in [1.54, 1.807) is 29.2 Å². The van der Waals surface area contributed by atoms with Crippen molar-refractivity contribution in [3.05, 3.63) is 65.7 Å². The fourth-order valence-corrected chi connectivity index (χ4v) is 3.91. The van der Waals surface area contributed by atoms with E-state index in [1.165, 1.54) is 5.56 Å². The van der Waals surface area contributed by atoms with Crippen molar-refractivity contribution in [3.8, 4) is 0 Å². The van der Waals surface area contributed by atoms with Crippen LogP contribution in [0.4, 0.5) is 10.5 Å². The highest BCUT2D eigenvalue weighted by molar-refractivity contribution is 5.97. The maximum absolute atomic E-state index is 12.9. The van der Waals surface area contributed by atoms with Gasteiger partial charge in [-0.2, -0.15) is 0 Å². The number of carbonyl (C=O) groups is 3. The lowest BCUT2D eigenvalue weighted by atomic mass is 9.97. The topological polar surface area (TPSA) is 87.7 Å². The fraction of sp³-hybridized carbons (Fsp3) is 0.444. The van der Waals surface area contributed by atoms with E-state index in [9.17, 15) is 14.4 Å². The number of benzene rings is 2. The summed E-state index contributed by atoms with van der Waals surface area (Å²) in [6.45, 7) is 6.95. The summed E-state index contributed by atoms with van der Waals surface area (Å²) in [6, 6.07) is 17.1. The van der Waals surface area contributed by atoms with E-state index in [2.05, 4.69) is 22.8 Å². The Kier molecular flexibility index (Phi) is 8.68. The zero-order chi connectivity index (χ0) is 24.6. The highest BCUT2D eigenvalue weighted by Crippen LogP contribution is 2.21. The highest BCUT2D eigenvalue weighted by Gasteiger charge is 2.31. The van der Waals surface area contributed by atoms with Crippen LogP contribution in [0.3, 0.4) is 0 Å². The van der Waals surface area contributed by atoms with Crippen molar-refractivity contribution < 1.29 is 19.1 Å². The molecule has 1 aliphatic rings. The molecule has 7 nitrogen and oxygen atoms in total. The van der Waals surface area contributed by atoms with Crippen LogP contribution in [-0.4, -0.2) is 48.0 Å². The van der Waals surface area contributed by atoms with Crippen molar-refractivity contribution in [1.82, 2.24) is 10.2 Å². The van der Waals surface area contributed by atoms with Gasteiger partial charge in [0, 0.05) is 30.9 Å². The Bertz CT molecular complexity index is 985. The zero-order valence-electron chi connectivity index (χ0n) is 20.3. The molecule has 0 bridgehead atoms. The van der Waals surface area contributed by atoms with E-state index in [-0.39, 0.29) is 17.7 Å². The molecular weight excluding hydrogens is 430 g/mol. The lowest BCUT2D eigenvalue weighted by molar-refractivity contribution is -0.121. The molecular formula is C27H35N3O4. The average Bonchev–Trinajstić information content (AvgIpc) is 2.81. The number of aryl methyl sites for hydroxylation is 1. The first-order chi connectivity index (χ1) is 16.2. The first kappa shape index (κ1) is 25.3. The summed E-state index contributed by atoms with van der Waals surface area (Å²) in [6.07, 6.45) is 2.80. The molecule has 0 spiro atoms. The van der Waals surface area contributed by atoms with Crippen molar-refractivity contribution in [1.29, 1.82) is 0 Å². The van der Waals surface area contributed by atoms with Crippen LogP contribution in [0.1, 0.15) is 56.0 Å². The van der Waals surface area contributed by atoms with Crippen LogP contribution in [0, 0.1) is 5.92 Å². The van der Waals surface area contributed by atoms with Gasteiger partial charge in [-0.25, -0.2) is 4.79 Å². The standard InChI is InChI=1S/C27H35N3O4/c1-27(2,3)34-26(33)30-17-9-14-22(19-30)25(32)29-23-15-7-13-21(18-23)24(31)28-16-8-12-20-10-5-4-6-11-20/h4-7,10-11,13,15,18,22H,8-9,12,14,16-17,19H2,1-3H3,(H,28,31)(H,29,32). The van der Waals surface area contributed by atoms with E-state index in [1.807, 2.05) is 39.0 Å². The smallest absolute Gasteiger partial charge is 0.410 e. The van der Waals surface area contributed by atoms with Crippen LogP contribution in [-0.2, 0) is 16.0 Å². The van der Waals surface area contributed by atoms with Crippen LogP contribution in [0.25, 0.3) is 0 Å². The minimum absolute atomic E-state index is 0.159. The molecule has 1 fully saturated rings. The Morgan fingerprint density at radius 2 is 1.82 bits per heavy atom. The number of hydrogen-bond donors (Lipinski definition) is 2. The molecule has 1 atom stereocenters. The highest BCUT2D eigenvalue weighted by atomic mass is 16.6. The minimum Gasteiger partial charge on any atom is -0.444 e. The molecule has 0 saturated carbocycles. The fourth-order valence-electron chi connectivity index (χ4n) is 3.91. The van der Waals surface area contributed by atoms with Gasteiger partial charge < -0.3 is 20.3 Å². The van der Waals surface area contributed by atoms with Crippen molar-refractivity contribution in [2.24, 2.45) is 5.92 Å². The molecule has 2 N–H and O–H groups in total. The Labute approximate surface area is 201 Å². The van der Waals surface area contributed by atoms with Gasteiger partial charge in [0.05, 0.1) is 5.92 Å². The number of rotatable bonds is 7. The van der Waals surface area contributed by atoms with Crippen molar-refractivity contribution in [3.63, 3.8) is 0 Å². The molecule has 34 heavy (non-hydrogen) atoms. The number of likely N-dealkylation sites (tertiary alicyclic amines) is 1. The molecule has 1 aliphatic heterocycles. The van der Waals surface area contributed by atoms with Gasteiger partial charge in [0.15, 0.2) is 0 Å². The molecule has 182 valence electrons. The van der Waals surface area contributed by atoms with Crippen LogP contribution in [0.15, 0.2) is 54.6 Å². The molecule has 0 aliphatic carbocycles. The second kappa shape index (κ2) is 11.7. The second-order valence-corrected chi connectivity index (χ2v) is 9.68. The summed E-state index contributed by atoms with van der Waals surface area (Å²) in [5, 5.41) is 5.85. The van der Waals surface area contributed by atoms with Crippen LogP contribution in [0.2, 0.25) is 0 Å². The zero-order valence-corrected chi connectivity index (χ0v) is 20.3. The van der Waals surface area contributed by atoms with Crippen LogP contribution >= 0.6 is 0 Å². The van der Waals surface area contributed by atoms with Gasteiger partial charge in [-0.05, 0) is 70.2 Å². The van der Waals surface area contributed by atoms with Gasteiger partial charge in [0.1, 0.15) is 5.60 Å². The first-order valence-corrected chi connectivity index (χ1v) is 11.9. The van der Waals surface area contributed by atoms with Crippen molar-refractivity contribution in [2.45, 2.75) is 52.1 Å². The van der Waals surface area contributed by atoms with E-state index in [4.69, 9.17) is 4.74 Å². The summed E-state index contributed by atoms with van der Waals surface area (Å²) in [5.74, 6) is -0.650. The Morgan fingerprint density at radius 1 is 1.06 bits per heavy atom. The number of anilines is 1. The summed E-state index contributed by atoms with van der Waals surface area (Å²) in [7, 11) is 0. The molecule has 2 aromatic carbocycles. The monoisotopic (exact) mass is 465 g/mol. The van der Waals surface area contributed by atoms with Crippen LogP contribution in [0.5, 0.6) is 0 Å². The third-order valence-electron chi connectivity index (χ3n) is 5.61. The number of hydrogen-bond acceptors (Lipinski definition) is 4. The Balaban J connectivity index is 1.49. The maximum atomic E-state index is 12.9. The number of nitrogens with zero attached hydrogens (tertiary/aromatic N) is 1. The van der Waals surface area contributed by atoms with Gasteiger partial charge in [0.2, 0.25) is 5.91 Å². The predicted octanol–water partition coefficient (Wildman–Crippen LogP) is 4.63. The summed E-state index contributed by atoms with van der Waals surface area (Å²) in [4.78, 5) is 39.4. The van der Waals surface area contributed by atoms with E-state index >= 15 is 0 Å². The second-order valence-electron chi connectivity index (χ2n) is 9.68. The van der Waals surface area contributed by atoms with E-state index < -0.39 is 11.7 Å². The lowest BCUT2D eigenvalue weighted by Gasteiger charge is -2.33. The SMILES string of the molecule is CC(C)(C)OC(=O)N1CCCC(C(=O)Nc2cccc(C(=O)NCCCc3ccccc3)c2)C1. The predicted molar refractivity (Wildman–Crippen MR) is 133 cm³/mol. The number of carbonyl (C=O) groups excluding carboxylic acids is 3. The lowest BCUT2D eigenvalue weighted by Crippen LogP contribution is -2.45. The van der Waals surface area contributed by atoms with E-state index in [0.717, 1.165) is 19.3 Å². The third-order valence-corrected chi connectivity index (χ3v) is 5.61. The van der Waals surface area contributed by atoms with Crippen molar-refractivity contribution in [2.75, 3.05) is 25.0 Å². The summed E-state index contributed by atoms with van der Waals surface area (Å²) < 4.78 is 5.44. The molecule has 3 amide bonds. The number of amides is 3. The number of nitrogens with one attached hydrogen (secondary N) is 2. The quantitative estimate of drug-likeness (QED) is 0.584. The van der Waals surface area contributed by atoms with Gasteiger partial charge in [-0.1, -0.05) is 36.4 Å². The number of ether oxygens (including phenoxy) is 1. The Morgan fingerprint density at radius 3 is 2.56 bits per heavy atom. The molecule has 0 aromatic heterocycles. The molecule has 1 saturated heterocycles. The molecule has 3 rings (SSSR count). The summed E-state index contributed by atoms with van der Waals surface area (Å²) >= 11 is 0. The van der Waals surface area contributed by atoms with Gasteiger partial charge in [0.25, 0.3) is 5.91 Å². The molecule has 2 aromatic rings. The minimum atomic E-state index is -0.575. The van der Waals surface area contributed by atoms with Crippen molar-refractivity contribution >= 4 is 23.6 Å². The van der Waals surface area contributed by atoms with Gasteiger partial charge in [-0.3, -0.25) is 9.59 Å². The normalized spacial score (nSPS) is 16.0.